The molecule has 0 saturated carbocycles. The van der Waals surface area contributed by atoms with E-state index in [0.717, 1.165) is 5.56 Å². The van der Waals surface area contributed by atoms with Gasteiger partial charge in [-0.2, -0.15) is 0 Å². The Hall–Kier alpha value is -2.73. The second kappa shape index (κ2) is 8.58. The Labute approximate surface area is 155 Å². The summed E-state index contributed by atoms with van der Waals surface area (Å²) in [7, 11) is 0. The van der Waals surface area contributed by atoms with Crippen molar-refractivity contribution >= 4 is 17.7 Å². The maximum Gasteiger partial charge on any atom is 0.287 e. The normalized spacial score (nSPS) is 10.5. The minimum absolute atomic E-state index is 0.162. The van der Waals surface area contributed by atoms with E-state index in [1.54, 1.807) is 23.9 Å². The molecular weight excluding hydrogens is 353 g/mol. The fraction of sp³-hybridized carbons (Fsp3) is 0.150. The van der Waals surface area contributed by atoms with Gasteiger partial charge < -0.3 is 14.5 Å². The maximum atomic E-state index is 12.9. The fourth-order valence-corrected chi connectivity index (χ4v) is 2.68. The third-order valence-corrected chi connectivity index (χ3v) is 4.44. The first-order chi connectivity index (χ1) is 12.6. The highest BCUT2D eigenvalue weighted by Gasteiger charge is 2.11. The Bertz CT molecular complexity index is 860. The predicted octanol–water partition coefficient (Wildman–Crippen LogP) is 4.65. The third kappa shape index (κ3) is 4.89. The molecular formula is C20H18FNO3S. The predicted molar refractivity (Wildman–Crippen MR) is 98.8 cm³/mol. The summed E-state index contributed by atoms with van der Waals surface area (Å²) in [5.41, 5.74) is 1.02. The minimum atomic E-state index is -0.322. The number of ether oxygens (including phenoxy) is 1. The van der Waals surface area contributed by atoms with Crippen LogP contribution in [0.25, 0.3) is 0 Å². The summed E-state index contributed by atoms with van der Waals surface area (Å²) in [6.07, 6.45) is 2.02. The lowest BCUT2D eigenvalue weighted by Gasteiger charge is -2.05. The van der Waals surface area contributed by atoms with Crippen LogP contribution < -0.4 is 10.1 Å². The monoisotopic (exact) mass is 371 g/mol. The Morgan fingerprint density at radius 3 is 2.50 bits per heavy atom. The van der Waals surface area contributed by atoms with Crippen molar-refractivity contribution in [3.05, 3.63) is 83.6 Å². The molecule has 2 aromatic carbocycles. The van der Waals surface area contributed by atoms with Crippen molar-refractivity contribution in [2.24, 2.45) is 0 Å². The number of rotatable bonds is 7. The highest BCUT2D eigenvalue weighted by atomic mass is 32.2. The lowest BCUT2D eigenvalue weighted by Crippen LogP contribution is -2.22. The molecule has 134 valence electrons. The molecule has 6 heteroatoms. The van der Waals surface area contributed by atoms with E-state index in [1.807, 2.05) is 30.5 Å². The Kier molecular flexibility index (Phi) is 5.96. The van der Waals surface area contributed by atoms with Gasteiger partial charge in [-0.1, -0.05) is 12.1 Å². The number of benzene rings is 2. The molecule has 0 aliphatic heterocycles. The number of nitrogens with one attached hydrogen (secondary N) is 1. The Balaban J connectivity index is 1.51. The minimum Gasteiger partial charge on any atom is -0.486 e. The van der Waals surface area contributed by atoms with Gasteiger partial charge in [0, 0.05) is 11.4 Å². The van der Waals surface area contributed by atoms with Crippen molar-refractivity contribution < 1.29 is 18.3 Å². The largest absolute Gasteiger partial charge is 0.486 e. The van der Waals surface area contributed by atoms with Crippen molar-refractivity contribution in [2.45, 2.75) is 18.0 Å². The van der Waals surface area contributed by atoms with Crippen LogP contribution in [0.2, 0.25) is 0 Å². The highest BCUT2D eigenvalue weighted by Crippen LogP contribution is 2.16. The Morgan fingerprint density at radius 2 is 1.81 bits per heavy atom. The summed E-state index contributed by atoms with van der Waals surface area (Å²) >= 11 is 1.67. The van der Waals surface area contributed by atoms with Gasteiger partial charge in [-0.15, -0.1) is 11.8 Å². The molecule has 0 saturated heterocycles. The van der Waals surface area contributed by atoms with Crippen molar-refractivity contribution in [1.29, 1.82) is 0 Å². The van der Waals surface area contributed by atoms with Crippen LogP contribution in [0.3, 0.4) is 0 Å². The zero-order valence-electron chi connectivity index (χ0n) is 14.2. The summed E-state index contributed by atoms with van der Waals surface area (Å²) in [6.45, 7) is 0.588. The average molecular weight is 371 g/mol. The molecule has 0 atom stereocenters. The van der Waals surface area contributed by atoms with E-state index in [9.17, 15) is 9.18 Å². The zero-order chi connectivity index (χ0) is 18.4. The molecule has 3 rings (SSSR count). The van der Waals surface area contributed by atoms with Crippen molar-refractivity contribution in [3.63, 3.8) is 0 Å². The molecule has 4 nitrogen and oxygen atoms in total. The molecule has 0 spiro atoms. The highest BCUT2D eigenvalue weighted by molar-refractivity contribution is 7.98. The van der Waals surface area contributed by atoms with E-state index < -0.39 is 0 Å². The van der Waals surface area contributed by atoms with E-state index in [-0.39, 0.29) is 24.1 Å². The number of halogens is 1. The van der Waals surface area contributed by atoms with Crippen LogP contribution in [0.15, 0.2) is 70.0 Å². The summed E-state index contributed by atoms with van der Waals surface area (Å²) < 4.78 is 23.9. The van der Waals surface area contributed by atoms with Crippen LogP contribution in [-0.2, 0) is 13.2 Å². The molecule has 1 N–H and O–H groups in total. The molecule has 0 unspecified atom stereocenters. The lowest BCUT2D eigenvalue weighted by atomic mass is 10.2. The summed E-state index contributed by atoms with van der Waals surface area (Å²) in [5.74, 6) is 0.666. The number of furan rings is 1. The molecule has 1 aromatic heterocycles. The summed E-state index contributed by atoms with van der Waals surface area (Å²) in [6, 6.07) is 17.0. The third-order valence-electron chi connectivity index (χ3n) is 3.69. The molecule has 1 heterocycles. The average Bonchev–Trinajstić information content (AvgIpc) is 3.15. The first kappa shape index (κ1) is 18.1. The molecule has 0 aliphatic carbocycles. The first-order valence-corrected chi connectivity index (χ1v) is 9.25. The topological polar surface area (TPSA) is 51.5 Å². The smallest absolute Gasteiger partial charge is 0.287 e. The molecule has 1 amide bonds. The van der Waals surface area contributed by atoms with Gasteiger partial charge in [0.25, 0.3) is 5.91 Å². The number of hydrogen-bond acceptors (Lipinski definition) is 4. The van der Waals surface area contributed by atoms with Gasteiger partial charge in [-0.05, 0) is 60.4 Å². The van der Waals surface area contributed by atoms with Crippen LogP contribution in [0.4, 0.5) is 4.39 Å². The molecule has 0 radical (unpaired) electrons. The molecule has 0 fully saturated rings. The zero-order valence-corrected chi connectivity index (χ0v) is 15.0. The van der Waals surface area contributed by atoms with Gasteiger partial charge in [0.1, 0.15) is 23.9 Å². The van der Waals surface area contributed by atoms with E-state index in [0.29, 0.717) is 18.1 Å². The molecule has 0 aliphatic rings. The fourth-order valence-electron chi connectivity index (χ4n) is 2.28. The standard InChI is InChI=1S/C20H18FNO3S/c1-26-18-9-2-14(3-10-18)12-22-20(23)19-11-8-17(25-19)13-24-16-6-4-15(21)5-7-16/h2-11H,12-13H2,1H3,(H,22,23). The van der Waals surface area contributed by atoms with Crippen molar-refractivity contribution in [1.82, 2.24) is 5.32 Å². The van der Waals surface area contributed by atoms with Gasteiger partial charge in [-0.25, -0.2) is 4.39 Å². The van der Waals surface area contributed by atoms with Crippen molar-refractivity contribution in [3.8, 4) is 5.75 Å². The van der Waals surface area contributed by atoms with E-state index in [1.165, 1.54) is 29.2 Å². The second-order valence-electron chi connectivity index (χ2n) is 5.54. The number of thioether (sulfide) groups is 1. The van der Waals surface area contributed by atoms with Crippen LogP contribution in [0.5, 0.6) is 5.75 Å². The van der Waals surface area contributed by atoms with Gasteiger partial charge in [0.2, 0.25) is 0 Å². The van der Waals surface area contributed by atoms with Crippen LogP contribution in [0.1, 0.15) is 21.9 Å². The van der Waals surface area contributed by atoms with Crippen molar-refractivity contribution in [2.75, 3.05) is 6.26 Å². The first-order valence-electron chi connectivity index (χ1n) is 8.02. The van der Waals surface area contributed by atoms with Crippen LogP contribution in [0, 0.1) is 5.82 Å². The number of hydrogen-bond donors (Lipinski definition) is 1. The van der Waals surface area contributed by atoms with Gasteiger partial charge in [-0.3, -0.25) is 4.79 Å². The molecule has 3 aromatic rings. The second-order valence-corrected chi connectivity index (χ2v) is 6.42. The molecule has 0 bridgehead atoms. The summed E-state index contributed by atoms with van der Waals surface area (Å²) in [4.78, 5) is 13.4. The van der Waals surface area contributed by atoms with E-state index in [2.05, 4.69) is 5.32 Å². The van der Waals surface area contributed by atoms with E-state index >= 15 is 0 Å². The summed E-state index contributed by atoms with van der Waals surface area (Å²) in [5, 5.41) is 2.82. The lowest BCUT2D eigenvalue weighted by molar-refractivity contribution is 0.0919. The van der Waals surface area contributed by atoms with E-state index in [4.69, 9.17) is 9.15 Å². The SMILES string of the molecule is CSc1ccc(CNC(=O)c2ccc(COc3ccc(F)cc3)o2)cc1. The van der Waals surface area contributed by atoms with Gasteiger partial charge in [0.05, 0.1) is 0 Å². The number of carbonyl (C=O) groups excluding carboxylic acids is 1. The van der Waals surface area contributed by atoms with Crippen LogP contribution in [-0.4, -0.2) is 12.2 Å². The number of carbonyl (C=O) groups is 1. The quantitative estimate of drug-likeness (QED) is 0.614. The van der Waals surface area contributed by atoms with Gasteiger partial charge >= 0.3 is 0 Å². The van der Waals surface area contributed by atoms with Gasteiger partial charge in [0.15, 0.2) is 5.76 Å². The van der Waals surface area contributed by atoms with Crippen LogP contribution >= 0.6 is 11.8 Å². The maximum absolute atomic E-state index is 12.9. The number of amides is 1. The molecule has 26 heavy (non-hydrogen) atoms. The Morgan fingerprint density at radius 1 is 1.08 bits per heavy atom.